The smallest absolute Gasteiger partial charge is 0.475 e. The molecule has 4 rings (SSSR count). The summed E-state index contributed by atoms with van der Waals surface area (Å²) in [4.78, 5) is 36.6. The Kier molecular flexibility index (Phi) is 17.1. The van der Waals surface area contributed by atoms with Gasteiger partial charge in [-0.1, -0.05) is 25.3 Å². The van der Waals surface area contributed by atoms with Crippen LogP contribution in [0.5, 0.6) is 0 Å². The van der Waals surface area contributed by atoms with E-state index in [1.807, 2.05) is 19.4 Å². The third-order valence-corrected chi connectivity index (χ3v) is 8.18. The summed E-state index contributed by atoms with van der Waals surface area (Å²) < 4.78 is 101. The van der Waals surface area contributed by atoms with Crippen molar-refractivity contribution in [2.75, 3.05) is 46.4 Å². The number of piperidine rings is 1. The van der Waals surface area contributed by atoms with E-state index in [0.29, 0.717) is 11.3 Å². The van der Waals surface area contributed by atoms with Crippen LogP contribution in [0.2, 0.25) is 0 Å². The Morgan fingerprint density at radius 2 is 1.31 bits per heavy atom. The van der Waals surface area contributed by atoms with Gasteiger partial charge in [0, 0.05) is 45.4 Å². The average molecular weight is 714 g/mol. The summed E-state index contributed by atoms with van der Waals surface area (Å²) in [5, 5.41) is 21.4. The number of likely N-dealkylation sites (tertiary alicyclic amines) is 2. The minimum absolute atomic E-state index is 0.452. The zero-order valence-electron chi connectivity index (χ0n) is 26.1. The van der Waals surface area contributed by atoms with Gasteiger partial charge in [-0.05, 0) is 62.2 Å². The number of hydrogen-bond acceptors (Lipinski definition) is 7. The van der Waals surface area contributed by atoms with Crippen LogP contribution in [0.25, 0.3) is 0 Å². The molecule has 1 aromatic heterocycles. The summed E-state index contributed by atoms with van der Waals surface area (Å²) in [6.07, 6.45) is -3.35. The van der Waals surface area contributed by atoms with Crippen molar-refractivity contribution in [3.63, 3.8) is 0 Å². The molecular weight excluding hydrogens is 673 g/mol. The summed E-state index contributed by atoms with van der Waals surface area (Å²) in [7, 11) is 1.87. The fraction of sp³-hybridized carbons (Fsp3) is 0.724. The predicted molar refractivity (Wildman–Crippen MR) is 151 cm³/mol. The number of nitrogens with zero attached hydrogens (tertiary/aromatic N) is 3. The SMILES string of the molecule is COCC1CN(Cc2ccccn2)CC12CCN(CC1CCCCC1)CC2.O=C(O)C(F)(F)F.O=C(O)C(F)(F)F.O=C(O)C(F)(F)F. The van der Waals surface area contributed by atoms with Gasteiger partial charge in [-0.3, -0.25) is 9.88 Å². The molecule has 3 N–H and O–H groups in total. The highest BCUT2D eigenvalue weighted by molar-refractivity contribution is 5.73. The maximum atomic E-state index is 10.6. The Morgan fingerprint density at radius 1 is 0.833 bits per heavy atom. The van der Waals surface area contributed by atoms with Crippen LogP contribution in [0.3, 0.4) is 0 Å². The molecule has 1 aliphatic carbocycles. The first kappa shape index (κ1) is 42.8. The van der Waals surface area contributed by atoms with Crippen LogP contribution in [-0.2, 0) is 25.7 Å². The normalized spacial score (nSPS) is 20.3. The van der Waals surface area contributed by atoms with E-state index in [-0.39, 0.29) is 0 Å². The maximum absolute atomic E-state index is 10.6. The zero-order chi connectivity index (χ0) is 36.8. The largest absolute Gasteiger partial charge is 0.490 e. The molecule has 2 saturated heterocycles. The monoisotopic (exact) mass is 713 g/mol. The maximum Gasteiger partial charge on any atom is 0.490 e. The molecule has 1 atom stereocenters. The number of methoxy groups -OCH3 is 1. The number of alkyl halides is 9. The van der Waals surface area contributed by atoms with Crippen LogP contribution in [-0.4, -0.2) is 113 Å². The van der Waals surface area contributed by atoms with E-state index in [2.05, 4.69) is 26.9 Å². The van der Waals surface area contributed by atoms with E-state index in [1.54, 1.807) is 0 Å². The van der Waals surface area contributed by atoms with Crippen molar-refractivity contribution >= 4 is 17.9 Å². The number of pyridine rings is 1. The first-order valence-electron chi connectivity index (χ1n) is 14.8. The summed E-state index contributed by atoms with van der Waals surface area (Å²) >= 11 is 0. The number of hydrogen-bond donors (Lipinski definition) is 3. The summed E-state index contributed by atoms with van der Waals surface area (Å²) in [5.41, 5.74) is 1.65. The molecule has 3 heterocycles. The van der Waals surface area contributed by atoms with Gasteiger partial charge in [0.25, 0.3) is 0 Å². The van der Waals surface area contributed by atoms with Gasteiger partial charge in [0.05, 0.1) is 12.3 Å². The molecule has 10 nitrogen and oxygen atoms in total. The van der Waals surface area contributed by atoms with Crippen LogP contribution >= 0.6 is 0 Å². The molecule has 3 fully saturated rings. The highest BCUT2D eigenvalue weighted by Gasteiger charge is 2.48. The van der Waals surface area contributed by atoms with E-state index < -0.39 is 36.4 Å². The second-order valence-corrected chi connectivity index (χ2v) is 11.7. The topological polar surface area (TPSA) is 140 Å². The zero-order valence-corrected chi connectivity index (χ0v) is 26.1. The number of rotatable bonds is 6. The molecule has 19 heteroatoms. The molecule has 2 aliphatic heterocycles. The molecular formula is C29H40F9N3O7. The highest BCUT2D eigenvalue weighted by atomic mass is 19.4. The Balaban J connectivity index is 0.000000448. The molecule has 1 spiro atoms. The van der Waals surface area contributed by atoms with Crippen molar-refractivity contribution in [1.29, 1.82) is 0 Å². The quantitative estimate of drug-likeness (QED) is 0.314. The Morgan fingerprint density at radius 3 is 1.71 bits per heavy atom. The van der Waals surface area contributed by atoms with Crippen molar-refractivity contribution in [2.24, 2.45) is 17.3 Å². The van der Waals surface area contributed by atoms with Crippen LogP contribution in [0.1, 0.15) is 50.6 Å². The lowest BCUT2D eigenvalue weighted by Crippen LogP contribution is -2.46. The number of carboxylic acids is 3. The number of carboxylic acid groups (broad SMARTS) is 3. The van der Waals surface area contributed by atoms with E-state index >= 15 is 0 Å². The Labute approximate surface area is 270 Å². The van der Waals surface area contributed by atoms with E-state index in [9.17, 15) is 39.5 Å². The number of ether oxygens (including phenoxy) is 1. The second kappa shape index (κ2) is 19.1. The molecule has 0 amide bonds. The molecule has 1 aromatic rings. The van der Waals surface area contributed by atoms with Crippen molar-refractivity contribution in [1.82, 2.24) is 14.8 Å². The third kappa shape index (κ3) is 15.8. The minimum atomic E-state index is -5.08. The summed E-state index contributed by atoms with van der Waals surface area (Å²) in [6.45, 7) is 8.18. The number of carbonyl (C=O) groups is 3. The van der Waals surface area contributed by atoms with Crippen molar-refractivity contribution in [3.8, 4) is 0 Å². The highest BCUT2D eigenvalue weighted by Crippen LogP contribution is 2.45. The molecule has 0 aromatic carbocycles. The van der Waals surface area contributed by atoms with Crippen LogP contribution in [0, 0.1) is 17.3 Å². The number of aliphatic carboxylic acids is 3. The van der Waals surface area contributed by atoms with Gasteiger partial charge in [-0.15, -0.1) is 0 Å². The van der Waals surface area contributed by atoms with Gasteiger partial charge >= 0.3 is 36.4 Å². The summed E-state index contributed by atoms with van der Waals surface area (Å²) in [5.74, 6) is -6.64. The van der Waals surface area contributed by atoms with Crippen molar-refractivity contribution < 1.29 is 74.0 Å². The number of aromatic nitrogens is 1. The molecule has 3 aliphatic rings. The lowest BCUT2D eigenvalue weighted by atomic mass is 9.71. The first-order valence-corrected chi connectivity index (χ1v) is 14.8. The lowest BCUT2D eigenvalue weighted by Gasteiger charge is -2.43. The summed E-state index contributed by atoms with van der Waals surface area (Å²) in [6, 6.07) is 6.26. The molecule has 0 radical (unpaired) electrons. The molecule has 48 heavy (non-hydrogen) atoms. The Hall–Kier alpha value is -3.19. The molecule has 276 valence electrons. The van der Waals surface area contributed by atoms with Crippen LogP contribution < -0.4 is 0 Å². The van der Waals surface area contributed by atoms with Gasteiger partial charge in [0.1, 0.15) is 0 Å². The van der Waals surface area contributed by atoms with Gasteiger partial charge < -0.3 is 25.0 Å². The fourth-order valence-electron chi connectivity index (χ4n) is 5.90. The third-order valence-electron chi connectivity index (χ3n) is 8.18. The molecule has 1 saturated carbocycles. The second-order valence-electron chi connectivity index (χ2n) is 11.7. The van der Waals surface area contributed by atoms with Gasteiger partial charge in [0.2, 0.25) is 0 Å². The molecule has 1 unspecified atom stereocenters. The van der Waals surface area contributed by atoms with Gasteiger partial charge in [0.15, 0.2) is 0 Å². The predicted octanol–water partition coefficient (Wildman–Crippen LogP) is 5.72. The van der Waals surface area contributed by atoms with Gasteiger partial charge in [-0.2, -0.15) is 39.5 Å². The Bertz CT molecular complexity index is 1060. The van der Waals surface area contributed by atoms with Crippen LogP contribution in [0.15, 0.2) is 24.4 Å². The lowest BCUT2D eigenvalue weighted by molar-refractivity contribution is -0.193. The fourth-order valence-corrected chi connectivity index (χ4v) is 5.90. The van der Waals surface area contributed by atoms with Crippen molar-refractivity contribution in [2.45, 2.75) is 70.0 Å². The standard InChI is InChI=1S/C23H37N3O.3C2HF3O2/c1-27-18-21-16-26(17-22-9-5-6-12-24-22)19-23(21)10-13-25(14-11-23)15-20-7-3-2-4-8-20;3*3-2(4,5)1(6)7/h5-6,9,12,20-21H,2-4,7-8,10-11,13-19H2,1H3;3*(H,6,7). The van der Waals surface area contributed by atoms with E-state index in [1.165, 1.54) is 76.8 Å². The average Bonchev–Trinajstić information content (AvgIpc) is 3.30. The van der Waals surface area contributed by atoms with Gasteiger partial charge in [-0.25, -0.2) is 14.4 Å². The van der Waals surface area contributed by atoms with Crippen molar-refractivity contribution in [3.05, 3.63) is 30.1 Å². The van der Waals surface area contributed by atoms with Crippen LogP contribution in [0.4, 0.5) is 39.5 Å². The van der Waals surface area contributed by atoms with E-state index in [4.69, 9.17) is 34.4 Å². The minimum Gasteiger partial charge on any atom is -0.475 e. The molecule has 0 bridgehead atoms. The number of halogens is 9. The van der Waals surface area contributed by atoms with E-state index in [0.717, 1.165) is 25.6 Å². The first-order chi connectivity index (χ1) is 22.1.